The largest absolute Gasteiger partial charge is 0.463 e. The van der Waals surface area contributed by atoms with Gasteiger partial charge in [0.25, 0.3) is 5.69 Å². The minimum absolute atomic E-state index is 0.106. The van der Waals surface area contributed by atoms with Crippen LogP contribution in [0.1, 0.15) is 25.5 Å². The molecule has 0 bridgehead atoms. The van der Waals surface area contributed by atoms with E-state index < -0.39 is 29.0 Å². The molecule has 0 saturated heterocycles. The van der Waals surface area contributed by atoms with Crippen molar-refractivity contribution in [1.29, 1.82) is 0 Å². The van der Waals surface area contributed by atoms with E-state index in [9.17, 15) is 19.7 Å². The molecule has 0 heterocycles. The van der Waals surface area contributed by atoms with Crippen LogP contribution in [0.5, 0.6) is 0 Å². The molecule has 8 nitrogen and oxygen atoms in total. The van der Waals surface area contributed by atoms with E-state index in [4.69, 9.17) is 9.47 Å². The molecular formula is C14H14N2O6S. The van der Waals surface area contributed by atoms with Crippen LogP contribution in [0.3, 0.4) is 0 Å². The molecule has 122 valence electrons. The first-order chi connectivity index (χ1) is 10.8. The predicted octanol–water partition coefficient (Wildman–Crippen LogP) is 2.23. The number of esters is 2. The lowest BCUT2D eigenvalue weighted by atomic mass is 10.0. The molecule has 1 aromatic rings. The molecule has 23 heavy (non-hydrogen) atoms. The van der Waals surface area contributed by atoms with Gasteiger partial charge in [0.15, 0.2) is 6.10 Å². The van der Waals surface area contributed by atoms with Gasteiger partial charge >= 0.3 is 11.9 Å². The number of aliphatic imine (C=N–C) groups is 1. The van der Waals surface area contributed by atoms with Crippen molar-refractivity contribution >= 4 is 35.0 Å². The first-order valence-corrected chi connectivity index (χ1v) is 6.88. The standard InChI is InChI=1S/C14H14N2O6S/c1-9(17)21-7-13(15-8-23)14(22-10(2)18)11-3-5-12(6-4-11)16(19)20/h3-6,13-14H,7H2,1-2H3/t13-,14-/m0/s1. The maximum Gasteiger partial charge on any atom is 0.303 e. The summed E-state index contributed by atoms with van der Waals surface area (Å²) in [7, 11) is 0. The zero-order valence-corrected chi connectivity index (χ0v) is 13.2. The smallest absolute Gasteiger partial charge is 0.303 e. The monoisotopic (exact) mass is 338 g/mol. The number of ether oxygens (including phenoxy) is 2. The lowest BCUT2D eigenvalue weighted by molar-refractivity contribution is -0.384. The van der Waals surface area contributed by atoms with Crippen molar-refractivity contribution < 1.29 is 24.0 Å². The van der Waals surface area contributed by atoms with Gasteiger partial charge in [-0.05, 0) is 29.9 Å². The summed E-state index contributed by atoms with van der Waals surface area (Å²) in [6.07, 6.45) is -0.914. The molecule has 0 amide bonds. The average Bonchev–Trinajstić information content (AvgIpc) is 2.49. The van der Waals surface area contributed by atoms with Gasteiger partial charge in [-0.1, -0.05) is 0 Å². The molecule has 0 unspecified atom stereocenters. The summed E-state index contributed by atoms with van der Waals surface area (Å²) < 4.78 is 10.1. The normalized spacial score (nSPS) is 12.4. The zero-order chi connectivity index (χ0) is 17.4. The number of non-ortho nitro benzene ring substituents is 1. The van der Waals surface area contributed by atoms with Crippen LogP contribution in [0.4, 0.5) is 5.69 Å². The Bertz CT molecular complexity index is 639. The summed E-state index contributed by atoms with van der Waals surface area (Å²) in [5.74, 6) is -1.11. The van der Waals surface area contributed by atoms with E-state index in [1.54, 1.807) is 0 Å². The minimum Gasteiger partial charge on any atom is -0.463 e. The Kier molecular flexibility index (Phi) is 6.98. The van der Waals surface area contributed by atoms with E-state index in [2.05, 4.69) is 22.4 Å². The third-order valence-electron chi connectivity index (χ3n) is 2.75. The Balaban J connectivity index is 3.13. The van der Waals surface area contributed by atoms with Crippen molar-refractivity contribution in [1.82, 2.24) is 0 Å². The van der Waals surface area contributed by atoms with Crippen LogP contribution in [-0.4, -0.2) is 34.7 Å². The highest BCUT2D eigenvalue weighted by Gasteiger charge is 2.27. The maximum absolute atomic E-state index is 11.3. The predicted molar refractivity (Wildman–Crippen MR) is 83.1 cm³/mol. The van der Waals surface area contributed by atoms with Gasteiger partial charge in [-0.15, -0.1) is 0 Å². The molecule has 0 saturated carbocycles. The molecule has 0 aliphatic heterocycles. The Labute approximate surface area is 137 Å². The molecule has 0 N–H and O–H groups in total. The molecule has 1 aromatic carbocycles. The highest BCUT2D eigenvalue weighted by atomic mass is 32.1. The number of carbonyl (C=O) groups excluding carboxylic acids is 2. The van der Waals surface area contributed by atoms with Crippen LogP contribution in [0.15, 0.2) is 29.3 Å². The van der Waals surface area contributed by atoms with Crippen molar-refractivity contribution in [2.45, 2.75) is 26.0 Å². The molecular weight excluding hydrogens is 324 g/mol. The fourth-order valence-corrected chi connectivity index (χ4v) is 1.93. The SMILES string of the molecule is CC(=O)OC[C@H](N=C=S)[C@@H](OC(C)=O)c1ccc([N+](=O)[O-])cc1. The number of thiocarbonyl (C=S) groups is 1. The average molecular weight is 338 g/mol. The van der Waals surface area contributed by atoms with Crippen molar-refractivity contribution in [3.8, 4) is 0 Å². The fraction of sp³-hybridized carbons (Fsp3) is 0.357. The summed E-state index contributed by atoms with van der Waals surface area (Å²) in [5.41, 5.74) is 0.349. The van der Waals surface area contributed by atoms with Crippen LogP contribution >= 0.6 is 12.2 Å². The van der Waals surface area contributed by atoms with E-state index in [0.29, 0.717) is 5.56 Å². The van der Waals surface area contributed by atoms with E-state index in [-0.39, 0.29) is 12.3 Å². The van der Waals surface area contributed by atoms with Gasteiger partial charge in [0.05, 0.1) is 10.1 Å². The van der Waals surface area contributed by atoms with E-state index >= 15 is 0 Å². The van der Waals surface area contributed by atoms with Crippen LogP contribution < -0.4 is 0 Å². The number of hydrogen-bond donors (Lipinski definition) is 0. The molecule has 2 atom stereocenters. The second-order valence-electron chi connectivity index (χ2n) is 4.47. The van der Waals surface area contributed by atoms with Crippen molar-refractivity contribution in [3.05, 3.63) is 39.9 Å². The maximum atomic E-state index is 11.3. The van der Waals surface area contributed by atoms with Gasteiger partial charge < -0.3 is 9.47 Å². The third kappa shape index (κ3) is 5.93. The molecule has 0 aromatic heterocycles. The zero-order valence-electron chi connectivity index (χ0n) is 12.4. The Morgan fingerprint density at radius 1 is 1.30 bits per heavy atom. The number of nitrogens with zero attached hydrogens (tertiary/aromatic N) is 2. The topological polar surface area (TPSA) is 108 Å². The summed E-state index contributed by atoms with van der Waals surface area (Å²) in [6.45, 7) is 2.27. The van der Waals surface area contributed by atoms with Gasteiger partial charge in [0, 0.05) is 26.0 Å². The van der Waals surface area contributed by atoms with Crippen molar-refractivity contribution in [2.75, 3.05) is 6.61 Å². The number of nitro benzene ring substituents is 1. The third-order valence-corrected chi connectivity index (χ3v) is 2.86. The van der Waals surface area contributed by atoms with E-state index in [1.165, 1.54) is 38.1 Å². The molecule has 0 aliphatic carbocycles. The quantitative estimate of drug-likeness (QED) is 0.246. The van der Waals surface area contributed by atoms with Crippen LogP contribution in [0.25, 0.3) is 0 Å². The lowest BCUT2D eigenvalue weighted by Gasteiger charge is -2.23. The number of hydrogen-bond acceptors (Lipinski definition) is 8. The number of isothiocyanates is 1. The summed E-state index contributed by atoms with van der Waals surface area (Å²) >= 11 is 4.56. The highest BCUT2D eigenvalue weighted by Crippen LogP contribution is 2.26. The number of benzene rings is 1. The second kappa shape index (κ2) is 8.72. The summed E-state index contributed by atoms with van der Waals surface area (Å²) in [4.78, 5) is 36.3. The lowest BCUT2D eigenvalue weighted by Crippen LogP contribution is -2.27. The number of carbonyl (C=O) groups is 2. The van der Waals surface area contributed by atoms with Crippen LogP contribution in [-0.2, 0) is 19.1 Å². The van der Waals surface area contributed by atoms with Gasteiger partial charge in [0.2, 0.25) is 0 Å². The summed E-state index contributed by atoms with van der Waals surface area (Å²) in [5, 5.41) is 12.9. The van der Waals surface area contributed by atoms with Gasteiger partial charge in [-0.3, -0.25) is 19.7 Å². The van der Waals surface area contributed by atoms with Crippen LogP contribution in [0, 0.1) is 10.1 Å². The molecule has 0 aliphatic rings. The van der Waals surface area contributed by atoms with Crippen LogP contribution in [0.2, 0.25) is 0 Å². The Morgan fingerprint density at radius 3 is 2.35 bits per heavy atom. The molecule has 9 heteroatoms. The van der Waals surface area contributed by atoms with Gasteiger partial charge in [0.1, 0.15) is 12.6 Å². The number of rotatable bonds is 7. The van der Waals surface area contributed by atoms with Crippen molar-refractivity contribution in [3.63, 3.8) is 0 Å². The van der Waals surface area contributed by atoms with Gasteiger partial charge in [-0.25, -0.2) is 4.99 Å². The second-order valence-corrected chi connectivity index (χ2v) is 4.65. The van der Waals surface area contributed by atoms with Gasteiger partial charge in [-0.2, -0.15) is 0 Å². The van der Waals surface area contributed by atoms with Crippen molar-refractivity contribution in [2.24, 2.45) is 4.99 Å². The number of nitro groups is 1. The first-order valence-electron chi connectivity index (χ1n) is 6.47. The fourth-order valence-electron chi connectivity index (χ4n) is 1.80. The molecule has 0 fully saturated rings. The molecule has 0 radical (unpaired) electrons. The molecule has 0 spiro atoms. The highest BCUT2D eigenvalue weighted by molar-refractivity contribution is 7.78. The van der Waals surface area contributed by atoms with E-state index in [1.807, 2.05) is 0 Å². The van der Waals surface area contributed by atoms with E-state index in [0.717, 1.165) is 0 Å². The minimum atomic E-state index is -0.914. The molecule has 1 rings (SSSR count). The Hall–Kier alpha value is -2.64. The summed E-state index contributed by atoms with van der Waals surface area (Å²) in [6, 6.07) is 4.62. The Morgan fingerprint density at radius 2 is 1.91 bits per heavy atom. The first kappa shape index (κ1) is 18.4.